The van der Waals surface area contributed by atoms with Crippen molar-refractivity contribution < 1.29 is 4.79 Å². The molecular formula is C16H22N4O. The van der Waals surface area contributed by atoms with Crippen LogP contribution in [0, 0.1) is 0 Å². The summed E-state index contributed by atoms with van der Waals surface area (Å²) in [6.45, 7) is 6.28. The maximum atomic E-state index is 12.3. The van der Waals surface area contributed by atoms with Gasteiger partial charge in [-0.25, -0.2) is 0 Å². The number of nitrogen functional groups attached to an aromatic ring is 1. The van der Waals surface area contributed by atoms with Crippen molar-refractivity contribution in [1.29, 1.82) is 0 Å². The van der Waals surface area contributed by atoms with Gasteiger partial charge in [0.2, 0.25) is 0 Å². The van der Waals surface area contributed by atoms with Crippen LogP contribution in [0.2, 0.25) is 0 Å². The number of benzene rings is 1. The molecule has 5 heteroatoms. The summed E-state index contributed by atoms with van der Waals surface area (Å²) in [7, 11) is 0. The number of aryl methyl sites for hydroxylation is 1. The van der Waals surface area contributed by atoms with E-state index >= 15 is 0 Å². The first kappa shape index (κ1) is 15.1. The van der Waals surface area contributed by atoms with Gasteiger partial charge in [0.1, 0.15) is 0 Å². The fourth-order valence-electron chi connectivity index (χ4n) is 2.17. The molecule has 0 saturated carbocycles. The minimum atomic E-state index is -0.285. The Labute approximate surface area is 124 Å². The van der Waals surface area contributed by atoms with Crippen LogP contribution in [-0.4, -0.2) is 16.1 Å². The molecule has 0 aliphatic carbocycles. The molecule has 0 fully saturated rings. The second kappa shape index (κ2) is 6.43. The van der Waals surface area contributed by atoms with Gasteiger partial charge in [-0.1, -0.05) is 39.3 Å². The van der Waals surface area contributed by atoms with Crippen molar-refractivity contribution in [3.8, 4) is 0 Å². The van der Waals surface area contributed by atoms with Crippen LogP contribution in [0.25, 0.3) is 0 Å². The maximum Gasteiger partial charge on any atom is 0.278 e. The lowest BCUT2D eigenvalue weighted by molar-refractivity contribution is 0.102. The van der Waals surface area contributed by atoms with Gasteiger partial charge in [0.15, 0.2) is 5.69 Å². The largest absolute Gasteiger partial charge is 0.395 e. The quantitative estimate of drug-likeness (QED) is 0.788. The van der Waals surface area contributed by atoms with Crippen LogP contribution in [0.4, 0.5) is 11.4 Å². The van der Waals surface area contributed by atoms with Crippen molar-refractivity contribution in [3.05, 3.63) is 41.2 Å². The zero-order chi connectivity index (χ0) is 15.4. The molecule has 0 aliphatic rings. The van der Waals surface area contributed by atoms with Crippen molar-refractivity contribution in [3.63, 3.8) is 0 Å². The molecule has 2 aromatic rings. The number of hydrogen-bond acceptors (Lipinski definition) is 3. The number of carbonyl (C=O) groups excluding carboxylic acids is 1. The van der Waals surface area contributed by atoms with Crippen LogP contribution in [-0.2, 0) is 6.42 Å². The van der Waals surface area contributed by atoms with Gasteiger partial charge in [-0.3, -0.25) is 9.89 Å². The highest BCUT2D eigenvalue weighted by molar-refractivity contribution is 6.06. The van der Waals surface area contributed by atoms with E-state index in [2.05, 4.69) is 36.3 Å². The molecule has 112 valence electrons. The summed E-state index contributed by atoms with van der Waals surface area (Å²) in [6, 6.07) is 7.81. The van der Waals surface area contributed by atoms with Gasteiger partial charge in [-0.15, -0.1) is 0 Å². The minimum absolute atomic E-state index is 0.258. The Kier molecular flexibility index (Phi) is 4.62. The predicted molar refractivity (Wildman–Crippen MR) is 85.5 cm³/mol. The van der Waals surface area contributed by atoms with E-state index in [0.717, 1.165) is 24.2 Å². The molecule has 0 spiro atoms. The summed E-state index contributed by atoms with van der Waals surface area (Å²) in [5.74, 6) is 0.125. The van der Waals surface area contributed by atoms with E-state index in [4.69, 9.17) is 5.73 Å². The minimum Gasteiger partial charge on any atom is -0.395 e. The summed E-state index contributed by atoms with van der Waals surface area (Å²) >= 11 is 0. The molecule has 0 aliphatic heterocycles. The predicted octanol–water partition coefficient (Wildman–Crippen LogP) is 3.32. The number of nitrogens with one attached hydrogen (secondary N) is 2. The SMILES string of the molecule is CCCc1[nH]nc(C(=O)Nc2cccc(C(C)C)c2)c1N. The van der Waals surface area contributed by atoms with Crippen molar-refractivity contribution in [2.45, 2.75) is 39.5 Å². The number of H-pyrrole nitrogens is 1. The van der Waals surface area contributed by atoms with E-state index in [1.807, 2.05) is 24.3 Å². The fourth-order valence-corrected chi connectivity index (χ4v) is 2.17. The lowest BCUT2D eigenvalue weighted by Crippen LogP contribution is -2.14. The van der Waals surface area contributed by atoms with E-state index < -0.39 is 0 Å². The van der Waals surface area contributed by atoms with Crippen molar-refractivity contribution in [1.82, 2.24) is 10.2 Å². The van der Waals surface area contributed by atoms with E-state index in [0.29, 0.717) is 11.6 Å². The summed E-state index contributed by atoms with van der Waals surface area (Å²) in [4.78, 5) is 12.3. The molecule has 4 N–H and O–H groups in total. The number of hydrogen-bond donors (Lipinski definition) is 3. The third kappa shape index (κ3) is 3.42. The Hall–Kier alpha value is -2.30. The molecule has 1 amide bonds. The average Bonchev–Trinajstić information content (AvgIpc) is 2.81. The standard InChI is InChI=1S/C16H22N4O/c1-4-6-13-14(17)15(20-19-13)16(21)18-12-8-5-7-11(9-12)10(2)3/h5,7-10H,4,6,17H2,1-3H3,(H,18,21)(H,19,20). The highest BCUT2D eigenvalue weighted by Crippen LogP contribution is 2.20. The Bertz CT molecular complexity index is 631. The number of rotatable bonds is 5. The van der Waals surface area contributed by atoms with Crippen LogP contribution in [0.5, 0.6) is 0 Å². The van der Waals surface area contributed by atoms with Gasteiger partial charge in [-0.05, 0) is 30.0 Å². The topological polar surface area (TPSA) is 83.8 Å². The normalized spacial score (nSPS) is 10.9. The number of carbonyl (C=O) groups is 1. The van der Waals surface area contributed by atoms with Gasteiger partial charge >= 0.3 is 0 Å². The van der Waals surface area contributed by atoms with Crippen molar-refractivity contribution in [2.24, 2.45) is 0 Å². The smallest absolute Gasteiger partial charge is 0.278 e. The van der Waals surface area contributed by atoms with Crippen LogP contribution >= 0.6 is 0 Å². The summed E-state index contributed by atoms with van der Waals surface area (Å²) in [5, 5.41) is 9.71. The first-order chi connectivity index (χ1) is 10.0. The van der Waals surface area contributed by atoms with E-state index in [1.54, 1.807) is 0 Å². The van der Waals surface area contributed by atoms with Crippen LogP contribution < -0.4 is 11.1 Å². The monoisotopic (exact) mass is 286 g/mol. The lowest BCUT2D eigenvalue weighted by Gasteiger charge is -2.09. The van der Waals surface area contributed by atoms with Crippen molar-refractivity contribution in [2.75, 3.05) is 11.1 Å². The lowest BCUT2D eigenvalue weighted by atomic mass is 10.0. The summed E-state index contributed by atoms with van der Waals surface area (Å²) < 4.78 is 0. The van der Waals surface area contributed by atoms with Crippen molar-refractivity contribution >= 4 is 17.3 Å². The fraction of sp³-hybridized carbons (Fsp3) is 0.375. The molecular weight excluding hydrogens is 264 g/mol. The van der Waals surface area contributed by atoms with Gasteiger partial charge < -0.3 is 11.1 Å². The molecule has 5 nitrogen and oxygen atoms in total. The Morgan fingerprint density at radius 1 is 1.43 bits per heavy atom. The molecule has 1 aromatic heterocycles. The maximum absolute atomic E-state index is 12.3. The number of amides is 1. The zero-order valence-electron chi connectivity index (χ0n) is 12.7. The highest BCUT2D eigenvalue weighted by Gasteiger charge is 2.17. The molecule has 1 heterocycles. The van der Waals surface area contributed by atoms with Crippen LogP contribution in [0.3, 0.4) is 0 Å². The summed E-state index contributed by atoms with van der Waals surface area (Å²) in [6.07, 6.45) is 1.73. The molecule has 21 heavy (non-hydrogen) atoms. The molecule has 0 saturated heterocycles. The summed E-state index contributed by atoms with van der Waals surface area (Å²) in [5.41, 5.74) is 9.41. The second-order valence-electron chi connectivity index (χ2n) is 5.45. The third-order valence-corrected chi connectivity index (χ3v) is 3.41. The molecule has 0 atom stereocenters. The van der Waals surface area contributed by atoms with Gasteiger partial charge in [0, 0.05) is 5.69 Å². The second-order valence-corrected chi connectivity index (χ2v) is 5.45. The number of aromatic amines is 1. The Morgan fingerprint density at radius 3 is 2.86 bits per heavy atom. The number of nitrogens with zero attached hydrogens (tertiary/aromatic N) is 1. The van der Waals surface area contributed by atoms with E-state index in [1.165, 1.54) is 5.56 Å². The molecule has 0 radical (unpaired) electrons. The Morgan fingerprint density at radius 2 is 2.19 bits per heavy atom. The zero-order valence-corrected chi connectivity index (χ0v) is 12.7. The van der Waals surface area contributed by atoms with Gasteiger partial charge in [0.05, 0.1) is 11.4 Å². The first-order valence-electron chi connectivity index (χ1n) is 7.27. The van der Waals surface area contributed by atoms with E-state index in [-0.39, 0.29) is 11.6 Å². The molecule has 0 unspecified atom stereocenters. The molecule has 1 aromatic carbocycles. The number of anilines is 2. The number of nitrogens with two attached hydrogens (primary N) is 1. The Balaban J connectivity index is 2.16. The van der Waals surface area contributed by atoms with E-state index in [9.17, 15) is 4.79 Å². The first-order valence-corrected chi connectivity index (χ1v) is 7.27. The van der Waals surface area contributed by atoms with Crippen LogP contribution in [0.1, 0.15) is 54.9 Å². The number of aromatic nitrogens is 2. The van der Waals surface area contributed by atoms with Gasteiger partial charge in [-0.2, -0.15) is 5.10 Å². The highest BCUT2D eigenvalue weighted by atomic mass is 16.2. The van der Waals surface area contributed by atoms with Crippen LogP contribution in [0.15, 0.2) is 24.3 Å². The third-order valence-electron chi connectivity index (χ3n) is 3.41. The van der Waals surface area contributed by atoms with Gasteiger partial charge in [0.25, 0.3) is 5.91 Å². The molecule has 2 rings (SSSR count). The average molecular weight is 286 g/mol. The molecule has 0 bridgehead atoms.